The molecule has 1 amide bonds. The second-order valence-corrected chi connectivity index (χ2v) is 13.2. The molecule has 1 aromatic heterocycles. The monoisotopic (exact) mass is 646 g/mol. The third-order valence-electron chi connectivity index (χ3n) is 7.03. The topological polar surface area (TPSA) is 109 Å². The Morgan fingerprint density at radius 3 is 2.43 bits per heavy atom. The van der Waals surface area contributed by atoms with Crippen LogP contribution in [0.4, 0.5) is 0 Å². The van der Waals surface area contributed by atoms with Crippen molar-refractivity contribution in [3.8, 4) is 11.1 Å². The molecule has 2 heterocycles. The standard InChI is InChI=1S/C30H29Cl3N4O4S/c1-18-25(16-42-29-35-17-36-37-29)40-27(41-26(18)21-10-8-19(15-38)9-11-21)24-7-3-6-23(13-24)22-5-2-4-20(12-22)14-34-28(39)30(31,32)33/h2-13,17-18,25-27,38H,14-16H2,1H3,(H,34,39)(H,35,36,37)/t18-,25+,26+,27+/m1/s1. The van der Waals surface area contributed by atoms with E-state index in [1.54, 1.807) is 11.8 Å². The van der Waals surface area contributed by atoms with Gasteiger partial charge in [0.1, 0.15) is 6.33 Å². The number of hydrogen-bond acceptors (Lipinski definition) is 7. The van der Waals surface area contributed by atoms with Gasteiger partial charge in [-0.25, -0.2) is 4.98 Å². The van der Waals surface area contributed by atoms with E-state index in [4.69, 9.17) is 44.3 Å². The maximum Gasteiger partial charge on any atom is 0.272 e. The molecule has 0 spiro atoms. The molecule has 42 heavy (non-hydrogen) atoms. The van der Waals surface area contributed by atoms with Crippen molar-refractivity contribution >= 4 is 52.5 Å². The summed E-state index contributed by atoms with van der Waals surface area (Å²) in [5, 5.41) is 19.7. The van der Waals surface area contributed by atoms with Gasteiger partial charge in [-0.05, 0) is 39.9 Å². The lowest BCUT2D eigenvalue weighted by Crippen LogP contribution is -2.38. The molecule has 0 unspecified atom stereocenters. The van der Waals surface area contributed by atoms with Gasteiger partial charge in [-0.3, -0.25) is 9.89 Å². The van der Waals surface area contributed by atoms with Crippen LogP contribution >= 0.6 is 46.6 Å². The molecule has 1 aliphatic heterocycles. The Hall–Kier alpha value is -2.63. The van der Waals surface area contributed by atoms with Crippen molar-refractivity contribution in [1.82, 2.24) is 20.5 Å². The fourth-order valence-electron chi connectivity index (χ4n) is 4.74. The first-order valence-corrected chi connectivity index (χ1v) is 15.4. The minimum atomic E-state index is -2.02. The van der Waals surface area contributed by atoms with Gasteiger partial charge < -0.3 is 19.9 Å². The van der Waals surface area contributed by atoms with Gasteiger partial charge in [-0.15, -0.1) is 0 Å². The predicted octanol–water partition coefficient (Wildman–Crippen LogP) is 6.53. The fraction of sp³-hybridized carbons (Fsp3) is 0.300. The van der Waals surface area contributed by atoms with Crippen molar-refractivity contribution < 1.29 is 19.4 Å². The van der Waals surface area contributed by atoms with Crippen molar-refractivity contribution in [1.29, 1.82) is 0 Å². The van der Waals surface area contributed by atoms with E-state index in [1.165, 1.54) is 6.33 Å². The molecule has 4 aromatic rings. The number of carbonyl (C=O) groups excluding carboxylic acids is 1. The van der Waals surface area contributed by atoms with Crippen LogP contribution in [-0.2, 0) is 27.4 Å². The van der Waals surface area contributed by atoms with Gasteiger partial charge in [0.25, 0.3) is 9.70 Å². The molecule has 0 radical (unpaired) electrons. The smallest absolute Gasteiger partial charge is 0.272 e. The van der Waals surface area contributed by atoms with E-state index in [-0.39, 0.29) is 31.3 Å². The zero-order chi connectivity index (χ0) is 29.7. The van der Waals surface area contributed by atoms with E-state index in [2.05, 4.69) is 27.4 Å². The molecule has 4 atom stereocenters. The SMILES string of the molecule is C[C@@H]1[C@H](CSc2ncn[nH]2)O[C@H](c2cccc(-c3cccc(CNC(=O)C(Cl)(Cl)Cl)c3)c2)O[C@@H]1c1ccc(CO)cc1. The zero-order valence-corrected chi connectivity index (χ0v) is 25.6. The van der Waals surface area contributed by atoms with Crippen LogP contribution in [0.25, 0.3) is 11.1 Å². The highest BCUT2D eigenvalue weighted by Gasteiger charge is 2.38. The zero-order valence-electron chi connectivity index (χ0n) is 22.5. The third kappa shape index (κ3) is 7.65. The molecule has 0 saturated carbocycles. The van der Waals surface area contributed by atoms with Crippen LogP contribution < -0.4 is 5.32 Å². The molecule has 0 aliphatic carbocycles. The molecule has 12 heteroatoms. The van der Waals surface area contributed by atoms with Crippen molar-refractivity contribution in [2.24, 2.45) is 5.92 Å². The number of rotatable bonds is 9. The van der Waals surface area contributed by atoms with Crippen LogP contribution in [0.1, 0.15) is 41.6 Å². The van der Waals surface area contributed by atoms with Crippen molar-refractivity contribution in [2.45, 2.75) is 47.5 Å². The number of benzene rings is 3. The lowest BCUT2D eigenvalue weighted by Gasteiger charge is -2.41. The fourth-order valence-corrected chi connectivity index (χ4v) is 5.89. The first-order valence-electron chi connectivity index (χ1n) is 13.2. The van der Waals surface area contributed by atoms with Crippen molar-refractivity contribution in [3.63, 3.8) is 0 Å². The lowest BCUT2D eigenvalue weighted by atomic mass is 9.91. The van der Waals surface area contributed by atoms with Crippen LogP contribution in [-0.4, -0.2) is 41.8 Å². The molecule has 0 bridgehead atoms. The number of alkyl halides is 3. The number of aromatic nitrogens is 3. The van der Waals surface area contributed by atoms with E-state index in [0.29, 0.717) is 5.75 Å². The number of halogens is 3. The molecular formula is C30H29Cl3N4O4S. The van der Waals surface area contributed by atoms with Gasteiger partial charge in [0, 0.05) is 23.8 Å². The summed E-state index contributed by atoms with van der Waals surface area (Å²) in [4.78, 5) is 16.2. The second-order valence-electron chi connectivity index (χ2n) is 9.93. The summed E-state index contributed by atoms with van der Waals surface area (Å²) >= 11 is 18.6. The summed E-state index contributed by atoms with van der Waals surface area (Å²) < 4.78 is 11.1. The van der Waals surface area contributed by atoms with Crippen LogP contribution in [0.15, 0.2) is 84.3 Å². The molecule has 3 N–H and O–H groups in total. The number of aliphatic hydroxyl groups excluding tert-OH is 1. The van der Waals surface area contributed by atoms with E-state index >= 15 is 0 Å². The number of H-pyrrole nitrogens is 1. The lowest BCUT2D eigenvalue weighted by molar-refractivity contribution is -0.268. The first-order chi connectivity index (χ1) is 20.2. The van der Waals surface area contributed by atoms with Crippen LogP contribution in [0.3, 0.4) is 0 Å². The largest absolute Gasteiger partial charge is 0.392 e. The Balaban J connectivity index is 1.38. The van der Waals surface area contributed by atoms with E-state index < -0.39 is 16.0 Å². The average molecular weight is 648 g/mol. The highest BCUT2D eigenvalue weighted by molar-refractivity contribution is 7.99. The van der Waals surface area contributed by atoms with Crippen LogP contribution in [0.2, 0.25) is 0 Å². The number of aromatic amines is 1. The highest BCUT2D eigenvalue weighted by atomic mass is 35.6. The minimum Gasteiger partial charge on any atom is -0.392 e. The van der Waals surface area contributed by atoms with Crippen LogP contribution in [0, 0.1) is 5.92 Å². The molecule has 1 saturated heterocycles. The number of hydrogen-bond donors (Lipinski definition) is 3. The number of nitrogens with one attached hydrogen (secondary N) is 2. The summed E-state index contributed by atoms with van der Waals surface area (Å²) in [7, 11) is 0. The Labute approximate surface area is 263 Å². The van der Waals surface area contributed by atoms with Gasteiger partial charge in [0.2, 0.25) is 0 Å². The molecule has 1 fully saturated rings. The van der Waals surface area contributed by atoms with Gasteiger partial charge in [-0.2, -0.15) is 5.10 Å². The van der Waals surface area contributed by atoms with Crippen molar-refractivity contribution in [3.05, 3.63) is 101 Å². The summed E-state index contributed by atoms with van der Waals surface area (Å²) in [5.74, 6) is 0.0139. The molecule has 3 aromatic carbocycles. The van der Waals surface area contributed by atoms with E-state index in [1.807, 2.05) is 72.8 Å². The third-order valence-corrected chi connectivity index (χ3v) is 8.51. The average Bonchev–Trinajstić information content (AvgIpc) is 3.53. The molecule has 1 aliphatic rings. The Bertz CT molecular complexity index is 1480. The molecule has 5 rings (SSSR count). The van der Waals surface area contributed by atoms with E-state index in [9.17, 15) is 9.90 Å². The maximum atomic E-state index is 12.0. The van der Waals surface area contributed by atoms with E-state index in [0.717, 1.165) is 38.5 Å². The Morgan fingerprint density at radius 1 is 1.00 bits per heavy atom. The highest BCUT2D eigenvalue weighted by Crippen LogP contribution is 2.43. The number of thioether (sulfide) groups is 1. The maximum absolute atomic E-state index is 12.0. The van der Waals surface area contributed by atoms with Crippen LogP contribution in [0.5, 0.6) is 0 Å². The normalized spacial score (nSPS) is 20.8. The number of ether oxygens (including phenoxy) is 2. The van der Waals surface area contributed by atoms with Gasteiger partial charge in [-0.1, -0.05) is 114 Å². The number of nitrogens with zero attached hydrogens (tertiary/aromatic N) is 2. The number of amides is 1. The molecular weight excluding hydrogens is 619 g/mol. The number of aliphatic hydroxyl groups is 1. The van der Waals surface area contributed by atoms with Gasteiger partial charge >= 0.3 is 0 Å². The summed E-state index contributed by atoms with van der Waals surface area (Å²) in [6.45, 7) is 2.32. The summed E-state index contributed by atoms with van der Waals surface area (Å²) in [6, 6.07) is 23.6. The second kappa shape index (κ2) is 13.8. The quantitative estimate of drug-likeness (QED) is 0.140. The summed E-state index contributed by atoms with van der Waals surface area (Å²) in [5.41, 5.74) is 5.51. The number of carbonyl (C=O) groups is 1. The molecule has 220 valence electrons. The Morgan fingerprint density at radius 2 is 1.74 bits per heavy atom. The predicted molar refractivity (Wildman–Crippen MR) is 164 cm³/mol. The minimum absolute atomic E-state index is 0.0171. The first kappa shape index (κ1) is 30.8. The summed E-state index contributed by atoms with van der Waals surface area (Å²) in [6.07, 6.45) is 0.497. The molecule has 8 nitrogen and oxygen atoms in total. The Kier molecular flexibility index (Phi) is 10.1. The van der Waals surface area contributed by atoms with Gasteiger partial charge in [0.15, 0.2) is 11.4 Å². The van der Waals surface area contributed by atoms with Crippen molar-refractivity contribution in [2.75, 3.05) is 5.75 Å². The van der Waals surface area contributed by atoms with Gasteiger partial charge in [0.05, 0.1) is 18.8 Å².